The van der Waals surface area contributed by atoms with Gasteiger partial charge in [0.15, 0.2) is 0 Å². The molecule has 2 aromatic rings. The zero-order chi connectivity index (χ0) is 12.4. The van der Waals surface area contributed by atoms with Crippen LogP contribution in [-0.4, -0.2) is 36.1 Å². The number of oxazole rings is 1. The van der Waals surface area contributed by atoms with Crippen LogP contribution in [0.25, 0.3) is 10.8 Å². The van der Waals surface area contributed by atoms with E-state index in [1.165, 1.54) is 6.42 Å². The van der Waals surface area contributed by atoms with Gasteiger partial charge in [0.05, 0.1) is 10.6 Å². The first-order valence-electron chi connectivity index (χ1n) is 6.23. The van der Waals surface area contributed by atoms with E-state index in [9.17, 15) is 0 Å². The second-order valence-corrected chi connectivity index (χ2v) is 5.58. The summed E-state index contributed by atoms with van der Waals surface area (Å²) in [6.07, 6.45) is 2.99. The van der Waals surface area contributed by atoms with Crippen molar-refractivity contribution in [1.82, 2.24) is 15.2 Å². The van der Waals surface area contributed by atoms with Crippen LogP contribution in [-0.2, 0) is 6.54 Å². The second-order valence-electron chi connectivity index (χ2n) is 4.63. The lowest BCUT2D eigenvalue weighted by Crippen LogP contribution is -2.29. The molecule has 1 atom stereocenters. The van der Waals surface area contributed by atoms with Crippen molar-refractivity contribution >= 4 is 36.2 Å². The van der Waals surface area contributed by atoms with Gasteiger partial charge in [0.25, 0.3) is 0 Å². The van der Waals surface area contributed by atoms with E-state index in [-0.39, 0.29) is 24.8 Å². The standard InChI is InChI=1S/C13H17N3OS.2ClH/c1-14-10-4-5-16(7-10)8-11-9-17-13(15-11)12-3-2-6-18-12;;/h2-3,6,9-10,14H,4-5,7-8H2,1H3;2*1H. The first-order valence-corrected chi connectivity index (χ1v) is 7.11. The molecule has 1 saturated heterocycles. The van der Waals surface area contributed by atoms with E-state index in [4.69, 9.17) is 4.42 Å². The predicted octanol–water partition coefficient (Wildman–Crippen LogP) is 3.04. The highest BCUT2D eigenvalue weighted by Crippen LogP contribution is 2.24. The van der Waals surface area contributed by atoms with Crippen molar-refractivity contribution in [2.75, 3.05) is 20.1 Å². The monoisotopic (exact) mass is 335 g/mol. The quantitative estimate of drug-likeness (QED) is 0.932. The van der Waals surface area contributed by atoms with Crippen molar-refractivity contribution in [2.24, 2.45) is 0 Å². The minimum Gasteiger partial charge on any atom is -0.444 e. The summed E-state index contributed by atoms with van der Waals surface area (Å²) in [6, 6.07) is 4.67. The Hall–Kier alpha value is -0.590. The lowest BCUT2D eigenvalue weighted by molar-refractivity contribution is 0.318. The molecule has 0 spiro atoms. The van der Waals surface area contributed by atoms with Gasteiger partial charge < -0.3 is 9.73 Å². The number of rotatable bonds is 4. The van der Waals surface area contributed by atoms with Crippen LogP contribution in [0.15, 0.2) is 28.2 Å². The van der Waals surface area contributed by atoms with Crippen LogP contribution in [0.4, 0.5) is 0 Å². The normalized spacial score (nSPS) is 18.6. The van der Waals surface area contributed by atoms with Gasteiger partial charge in [-0.25, -0.2) is 4.98 Å². The number of aromatic nitrogens is 1. The topological polar surface area (TPSA) is 41.3 Å². The van der Waals surface area contributed by atoms with Gasteiger partial charge in [0.1, 0.15) is 6.26 Å². The lowest BCUT2D eigenvalue weighted by atomic mass is 10.3. The van der Waals surface area contributed by atoms with E-state index in [1.54, 1.807) is 17.6 Å². The van der Waals surface area contributed by atoms with Gasteiger partial charge in [-0.1, -0.05) is 6.07 Å². The number of thiophene rings is 1. The van der Waals surface area contributed by atoms with E-state index in [2.05, 4.69) is 15.2 Å². The van der Waals surface area contributed by atoms with Gasteiger partial charge in [-0.05, 0) is 24.9 Å². The third-order valence-electron chi connectivity index (χ3n) is 3.35. The van der Waals surface area contributed by atoms with E-state index < -0.39 is 0 Å². The van der Waals surface area contributed by atoms with Crippen LogP contribution in [0.2, 0.25) is 0 Å². The van der Waals surface area contributed by atoms with E-state index in [1.807, 2.05) is 24.6 Å². The Balaban J connectivity index is 0.000001000. The van der Waals surface area contributed by atoms with Crippen molar-refractivity contribution < 1.29 is 4.42 Å². The molecule has 0 bridgehead atoms. The average molecular weight is 336 g/mol. The smallest absolute Gasteiger partial charge is 0.236 e. The summed E-state index contributed by atoms with van der Waals surface area (Å²) in [5, 5.41) is 5.36. The highest BCUT2D eigenvalue weighted by Gasteiger charge is 2.21. The van der Waals surface area contributed by atoms with Gasteiger partial charge in [-0.3, -0.25) is 4.90 Å². The highest BCUT2D eigenvalue weighted by atomic mass is 35.5. The van der Waals surface area contributed by atoms with Gasteiger partial charge in [0.2, 0.25) is 5.89 Å². The molecule has 0 radical (unpaired) electrons. The number of likely N-dealkylation sites (tertiary alicyclic amines) is 1. The average Bonchev–Trinajstić information content (AvgIpc) is 3.10. The van der Waals surface area contributed by atoms with Crippen molar-refractivity contribution in [3.8, 4) is 10.8 Å². The molecule has 0 amide bonds. The maximum absolute atomic E-state index is 5.53. The number of hydrogen-bond acceptors (Lipinski definition) is 5. The zero-order valence-corrected chi connectivity index (χ0v) is 13.7. The van der Waals surface area contributed by atoms with Crippen LogP contribution in [0.1, 0.15) is 12.1 Å². The van der Waals surface area contributed by atoms with Gasteiger partial charge in [-0.15, -0.1) is 36.2 Å². The zero-order valence-electron chi connectivity index (χ0n) is 11.2. The number of likely N-dealkylation sites (N-methyl/N-ethyl adjacent to an activating group) is 1. The molecule has 0 aromatic carbocycles. The highest BCUT2D eigenvalue weighted by molar-refractivity contribution is 7.13. The van der Waals surface area contributed by atoms with E-state index in [0.717, 1.165) is 36.1 Å². The maximum atomic E-state index is 5.53. The molecule has 4 nitrogen and oxygen atoms in total. The SMILES string of the molecule is CNC1CCN(Cc2coc(-c3cccs3)n2)C1.Cl.Cl. The summed E-state index contributed by atoms with van der Waals surface area (Å²) in [5.41, 5.74) is 1.02. The van der Waals surface area contributed by atoms with Crippen molar-refractivity contribution in [1.29, 1.82) is 0 Å². The fourth-order valence-electron chi connectivity index (χ4n) is 2.33. The Morgan fingerprint density at radius 3 is 3.00 bits per heavy atom. The van der Waals surface area contributed by atoms with Gasteiger partial charge >= 0.3 is 0 Å². The van der Waals surface area contributed by atoms with Crippen molar-refractivity contribution in [3.63, 3.8) is 0 Å². The number of nitrogens with one attached hydrogen (secondary N) is 1. The van der Waals surface area contributed by atoms with Gasteiger partial charge in [-0.2, -0.15) is 0 Å². The molecule has 7 heteroatoms. The Morgan fingerprint density at radius 1 is 1.50 bits per heavy atom. The minimum absolute atomic E-state index is 0. The van der Waals surface area contributed by atoms with Crippen LogP contribution >= 0.6 is 36.2 Å². The Bertz CT molecular complexity index is 503. The van der Waals surface area contributed by atoms with Gasteiger partial charge in [0, 0.05) is 25.7 Å². The molecule has 3 heterocycles. The molecule has 1 N–H and O–H groups in total. The van der Waals surface area contributed by atoms with Crippen molar-refractivity contribution in [2.45, 2.75) is 19.0 Å². The second kappa shape index (κ2) is 8.00. The lowest BCUT2D eigenvalue weighted by Gasteiger charge is -2.13. The molecule has 0 saturated carbocycles. The summed E-state index contributed by atoms with van der Waals surface area (Å²) in [5.74, 6) is 0.740. The summed E-state index contributed by atoms with van der Waals surface area (Å²) < 4.78 is 5.53. The largest absolute Gasteiger partial charge is 0.444 e. The van der Waals surface area contributed by atoms with Crippen LogP contribution in [0, 0.1) is 0 Å². The molecule has 1 unspecified atom stereocenters. The predicted molar refractivity (Wildman–Crippen MR) is 87.1 cm³/mol. The van der Waals surface area contributed by atoms with Crippen LogP contribution in [0.5, 0.6) is 0 Å². The first-order chi connectivity index (χ1) is 8.85. The molecule has 0 aliphatic carbocycles. The third-order valence-corrected chi connectivity index (χ3v) is 4.21. The summed E-state index contributed by atoms with van der Waals surface area (Å²) in [6.45, 7) is 3.11. The molecular formula is C13H19Cl2N3OS. The first kappa shape index (κ1) is 17.5. The summed E-state index contributed by atoms with van der Waals surface area (Å²) in [4.78, 5) is 8.06. The maximum Gasteiger partial charge on any atom is 0.236 e. The molecule has 2 aromatic heterocycles. The number of hydrogen-bond donors (Lipinski definition) is 1. The molecule has 20 heavy (non-hydrogen) atoms. The summed E-state index contributed by atoms with van der Waals surface area (Å²) in [7, 11) is 2.03. The fourth-order valence-corrected chi connectivity index (χ4v) is 2.99. The molecular weight excluding hydrogens is 317 g/mol. The molecule has 3 rings (SSSR count). The Morgan fingerprint density at radius 2 is 2.35 bits per heavy atom. The summed E-state index contributed by atoms with van der Waals surface area (Å²) >= 11 is 1.66. The van der Waals surface area contributed by atoms with Crippen LogP contribution < -0.4 is 5.32 Å². The third kappa shape index (κ3) is 3.96. The number of nitrogens with zero attached hydrogens (tertiary/aromatic N) is 2. The molecule has 1 fully saturated rings. The minimum atomic E-state index is 0. The number of halogens is 2. The van der Waals surface area contributed by atoms with Crippen LogP contribution in [0.3, 0.4) is 0 Å². The Kier molecular flexibility index (Phi) is 6.99. The van der Waals surface area contributed by atoms with Crippen molar-refractivity contribution in [3.05, 3.63) is 29.5 Å². The van der Waals surface area contributed by atoms with E-state index in [0.29, 0.717) is 6.04 Å². The fraction of sp³-hybridized carbons (Fsp3) is 0.462. The molecule has 1 aliphatic rings. The molecule has 1 aliphatic heterocycles. The van der Waals surface area contributed by atoms with E-state index >= 15 is 0 Å². The Labute approximate surface area is 135 Å². The molecule has 112 valence electrons.